The first-order chi connectivity index (χ1) is 14.3. The number of benzene rings is 2. The summed E-state index contributed by atoms with van der Waals surface area (Å²) in [5, 5.41) is 14.0. The molecule has 0 spiro atoms. The number of thioether (sulfide) groups is 1. The fourth-order valence-corrected chi connectivity index (χ4v) is 3.57. The standard InChI is InChI=1S/C21H22FN5O2S/c1-13-7-6-8-14(2)20(13)24-19(29)12-30-21-26-25-17(27(21)3)11-18(28)23-16-10-5-4-9-15(16)22/h4-10H,11-12H2,1-3H3,(H,23,28)(H,24,29). The lowest BCUT2D eigenvalue weighted by molar-refractivity contribution is -0.116. The van der Waals surface area contributed by atoms with Crippen LogP contribution in [0.1, 0.15) is 17.0 Å². The van der Waals surface area contributed by atoms with E-state index in [-0.39, 0.29) is 23.8 Å². The van der Waals surface area contributed by atoms with Gasteiger partial charge in [-0.25, -0.2) is 4.39 Å². The number of hydrogen-bond donors (Lipinski definition) is 2. The molecular formula is C21H22FN5O2S. The third-order valence-corrected chi connectivity index (χ3v) is 5.49. The molecule has 3 rings (SSSR count). The molecule has 0 aliphatic carbocycles. The van der Waals surface area contributed by atoms with E-state index in [9.17, 15) is 14.0 Å². The summed E-state index contributed by atoms with van der Waals surface area (Å²) < 4.78 is 15.3. The van der Waals surface area contributed by atoms with E-state index in [1.165, 1.54) is 23.9 Å². The quantitative estimate of drug-likeness (QED) is 0.564. The van der Waals surface area contributed by atoms with Gasteiger partial charge in [0, 0.05) is 12.7 Å². The zero-order valence-corrected chi connectivity index (χ0v) is 17.7. The van der Waals surface area contributed by atoms with Gasteiger partial charge in [0.05, 0.1) is 17.9 Å². The highest BCUT2D eigenvalue weighted by Crippen LogP contribution is 2.21. The van der Waals surface area contributed by atoms with Crippen LogP contribution in [0.3, 0.4) is 0 Å². The fourth-order valence-electron chi connectivity index (χ4n) is 2.84. The Bertz CT molecular complexity index is 1060. The molecule has 0 atom stereocenters. The highest BCUT2D eigenvalue weighted by molar-refractivity contribution is 7.99. The molecule has 1 aromatic heterocycles. The van der Waals surface area contributed by atoms with Crippen LogP contribution in [-0.4, -0.2) is 32.3 Å². The third-order valence-electron chi connectivity index (χ3n) is 4.47. The smallest absolute Gasteiger partial charge is 0.234 e. The summed E-state index contributed by atoms with van der Waals surface area (Å²) in [6, 6.07) is 11.8. The Labute approximate surface area is 178 Å². The minimum Gasteiger partial charge on any atom is -0.325 e. The molecule has 2 N–H and O–H groups in total. The van der Waals surface area contributed by atoms with Crippen LogP contribution in [0.5, 0.6) is 0 Å². The van der Waals surface area contributed by atoms with E-state index in [2.05, 4.69) is 20.8 Å². The van der Waals surface area contributed by atoms with Gasteiger partial charge in [-0.2, -0.15) is 0 Å². The topological polar surface area (TPSA) is 88.9 Å². The molecule has 0 unspecified atom stereocenters. The second-order valence-electron chi connectivity index (χ2n) is 6.77. The van der Waals surface area contributed by atoms with E-state index < -0.39 is 11.7 Å². The van der Waals surface area contributed by atoms with Gasteiger partial charge >= 0.3 is 0 Å². The van der Waals surface area contributed by atoms with Gasteiger partial charge in [0.1, 0.15) is 11.6 Å². The van der Waals surface area contributed by atoms with Crippen molar-refractivity contribution in [3.63, 3.8) is 0 Å². The van der Waals surface area contributed by atoms with E-state index in [4.69, 9.17) is 0 Å². The summed E-state index contributed by atoms with van der Waals surface area (Å²) in [6.45, 7) is 3.88. The van der Waals surface area contributed by atoms with Gasteiger partial charge in [0.25, 0.3) is 0 Å². The van der Waals surface area contributed by atoms with Gasteiger partial charge in [-0.15, -0.1) is 10.2 Å². The van der Waals surface area contributed by atoms with Crippen molar-refractivity contribution in [1.29, 1.82) is 0 Å². The van der Waals surface area contributed by atoms with Crippen molar-refractivity contribution < 1.29 is 14.0 Å². The van der Waals surface area contributed by atoms with E-state index in [0.717, 1.165) is 16.8 Å². The molecule has 0 bridgehead atoms. The Morgan fingerprint density at radius 2 is 1.70 bits per heavy atom. The Balaban J connectivity index is 1.57. The second kappa shape index (κ2) is 9.53. The number of carbonyl (C=O) groups is 2. The maximum absolute atomic E-state index is 13.7. The third kappa shape index (κ3) is 5.24. The van der Waals surface area contributed by atoms with E-state index in [1.807, 2.05) is 32.0 Å². The molecule has 30 heavy (non-hydrogen) atoms. The van der Waals surface area contributed by atoms with Crippen LogP contribution in [0.25, 0.3) is 0 Å². The average Bonchev–Trinajstić information content (AvgIpc) is 3.04. The summed E-state index contributed by atoms with van der Waals surface area (Å²) in [7, 11) is 1.72. The molecule has 0 saturated carbocycles. The van der Waals surface area contributed by atoms with E-state index in [1.54, 1.807) is 23.7 Å². The van der Waals surface area contributed by atoms with Crippen molar-refractivity contribution in [3.8, 4) is 0 Å². The van der Waals surface area contributed by atoms with E-state index in [0.29, 0.717) is 11.0 Å². The maximum Gasteiger partial charge on any atom is 0.234 e. The van der Waals surface area contributed by atoms with Gasteiger partial charge in [-0.05, 0) is 37.1 Å². The first-order valence-corrected chi connectivity index (χ1v) is 10.2. The van der Waals surface area contributed by atoms with Crippen LogP contribution in [0, 0.1) is 19.7 Å². The molecule has 2 amide bonds. The highest BCUT2D eigenvalue weighted by Gasteiger charge is 2.16. The van der Waals surface area contributed by atoms with Crippen LogP contribution in [-0.2, 0) is 23.1 Å². The number of rotatable bonds is 7. The molecule has 9 heteroatoms. The van der Waals surface area contributed by atoms with Gasteiger partial charge in [0.15, 0.2) is 5.16 Å². The molecule has 1 heterocycles. The molecule has 0 fully saturated rings. The molecule has 0 aliphatic heterocycles. The van der Waals surface area contributed by atoms with Crippen LogP contribution in [0.15, 0.2) is 47.6 Å². The summed E-state index contributed by atoms with van der Waals surface area (Å²) >= 11 is 1.23. The molecule has 0 saturated heterocycles. The molecule has 0 radical (unpaired) electrons. The largest absolute Gasteiger partial charge is 0.325 e. The summed E-state index contributed by atoms with van der Waals surface area (Å²) in [5.41, 5.74) is 2.92. The average molecular weight is 428 g/mol. The zero-order valence-electron chi connectivity index (χ0n) is 16.9. The number of carbonyl (C=O) groups excluding carboxylic acids is 2. The fraction of sp³-hybridized carbons (Fsp3) is 0.238. The molecular weight excluding hydrogens is 405 g/mol. The van der Waals surface area contributed by atoms with Crippen molar-refractivity contribution in [2.75, 3.05) is 16.4 Å². The number of para-hydroxylation sites is 2. The lowest BCUT2D eigenvalue weighted by atomic mass is 10.1. The predicted molar refractivity (Wildman–Crippen MR) is 115 cm³/mol. The highest BCUT2D eigenvalue weighted by atomic mass is 32.2. The Morgan fingerprint density at radius 1 is 1.00 bits per heavy atom. The van der Waals surface area contributed by atoms with Crippen LogP contribution in [0.2, 0.25) is 0 Å². The van der Waals surface area contributed by atoms with Crippen LogP contribution in [0.4, 0.5) is 15.8 Å². The zero-order chi connectivity index (χ0) is 21.7. The number of halogens is 1. The van der Waals surface area contributed by atoms with Crippen molar-refractivity contribution in [3.05, 3.63) is 65.2 Å². The first kappa shape index (κ1) is 21.5. The Morgan fingerprint density at radius 3 is 2.40 bits per heavy atom. The Hall–Kier alpha value is -3.20. The Kier molecular flexibility index (Phi) is 6.83. The van der Waals surface area contributed by atoms with E-state index >= 15 is 0 Å². The molecule has 7 nitrogen and oxygen atoms in total. The normalized spacial score (nSPS) is 10.7. The van der Waals surface area contributed by atoms with Crippen molar-refractivity contribution >= 4 is 35.0 Å². The van der Waals surface area contributed by atoms with Gasteiger partial charge in [-0.3, -0.25) is 9.59 Å². The maximum atomic E-state index is 13.7. The minimum absolute atomic E-state index is 0.0625. The SMILES string of the molecule is Cc1cccc(C)c1NC(=O)CSc1nnc(CC(=O)Nc2ccccc2F)n1C. The number of anilines is 2. The molecule has 156 valence electrons. The lowest BCUT2D eigenvalue weighted by Gasteiger charge is -2.11. The van der Waals surface area contributed by atoms with Crippen molar-refractivity contribution in [2.24, 2.45) is 7.05 Å². The number of aromatic nitrogens is 3. The summed E-state index contributed by atoms with van der Waals surface area (Å²) in [5.74, 6) is -0.489. The molecule has 0 aliphatic rings. The van der Waals surface area contributed by atoms with Crippen molar-refractivity contribution in [1.82, 2.24) is 14.8 Å². The first-order valence-electron chi connectivity index (χ1n) is 9.26. The van der Waals surface area contributed by atoms with Crippen molar-refractivity contribution in [2.45, 2.75) is 25.4 Å². The van der Waals surface area contributed by atoms with Gasteiger partial charge in [0.2, 0.25) is 11.8 Å². The number of amides is 2. The molecule has 2 aromatic carbocycles. The number of hydrogen-bond acceptors (Lipinski definition) is 5. The number of nitrogens with zero attached hydrogens (tertiary/aromatic N) is 3. The van der Waals surface area contributed by atoms with Crippen LogP contribution < -0.4 is 10.6 Å². The number of aryl methyl sites for hydroxylation is 2. The van der Waals surface area contributed by atoms with Crippen LogP contribution >= 0.6 is 11.8 Å². The second-order valence-corrected chi connectivity index (χ2v) is 7.71. The predicted octanol–water partition coefficient (Wildman–Crippen LogP) is 3.48. The monoisotopic (exact) mass is 427 g/mol. The molecule has 3 aromatic rings. The van der Waals surface area contributed by atoms with Gasteiger partial charge < -0.3 is 15.2 Å². The number of nitrogens with one attached hydrogen (secondary N) is 2. The summed E-state index contributed by atoms with van der Waals surface area (Å²) in [4.78, 5) is 24.5. The summed E-state index contributed by atoms with van der Waals surface area (Å²) in [6.07, 6.45) is -0.0625. The lowest BCUT2D eigenvalue weighted by Crippen LogP contribution is -2.18. The van der Waals surface area contributed by atoms with Gasteiger partial charge in [-0.1, -0.05) is 42.1 Å². The minimum atomic E-state index is -0.505.